The summed E-state index contributed by atoms with van der Waals surface area (Å²) in [6.07, 6.45) is -1.22. The first kappa shape index (κ1) is 26.3. The zero-order valence-corrected chi connectivity index (χ0v) is 22.3. The van der Waals surface area contributed by atoms with Gasteiger partial charge in [-0.1, -0.05) is 97.1 Å². The Balaban J connectivity index is 1.12. The molecular weight excluding hydrogens is 518 g/mol. The minimum absolute atomic E-state index is 0.0722. The topological polar surface area (TPSA) is 102 Å². The number of amides is 1. The molecule has 0 bridgehead atoms. The number of carboxylic acids is 1. The monoisotopic (exact) mass is 547 g/mol. The minimum Gasteiger partial charge on any atom is -0.481 e. The smallest absolute Gasteiger partial charge is 0.407 e. The highest BCUT2D eigenvalue weighted by Gasteiger charge is 2.32. The van der Waals surface area contributed by atoms with E-state index in [0.29, 0.717) is 0 Å². The number of fused-ring (bicyclic) bond motifs is 6. The van der Waals surface area contributed by atoms with Crippen LogP contribution < -0.4 is 5.32 Å². The van der Waals surface area contributed by atoms with Crippen molar-refractivity contribution < 1.29 is 29.0 Å². The van der Waals surface area contributed by atoms with Crippen LogP contribution in [0.2, 0.25) is 0 Å². The molecule has 1 unspecified atom stereocenters. The maximum Gasteiger partial charge on any atom is 0.407 e. The summed E-state index contributed by atoms with van der Waals surface area (Å²) in [5.41, 5.74) is 8.68. The molecule has 0 saturated heterocycles. The van der Waals surface area contributed by atoms with Crippen LogP contribution in [-0.2, 0) is 19.1 Å². The SMILES string of the molecule is O=C(O)CCC(NC(=O)OCC1c2ccccc2-c2ccccc21)C(=O)OCC1c2ccccc2-c2ccccc21. The van der Waals surface area contributed by atoms with Gasteiger partial charge in [-0.3, -0.25) is 4.79 Å². The highest BCUT2D eigenvalue weighted by atomic mass is 16.6. The fourth-order valence-electron chi connectivity index (χ4n) is 6.00. The number of ether oxygens (including phenoxy) is 2. The van der Waals surface area contributed by atoms with E-state index in [0.717, 1.165) is 44.5 Å². The van der Waals surface area contributed by atoms with Crippen molar-refractivity contribution in [1.29, 1.82) is 0 Å². The quantitative estimate of drug-likeness (QED) is 0.245. The molecule has 1 atom stereocenters. The number of alkyl carbamates (subject to hydrolysis) is 1. The number of carboxylic acid groups (broad SMARTS) is 1. The number of carbonyl (C=O) groups is 3. The van der Waals surface area contributed by atoms with Crippen LogP contribution in [0.3, 0.4) is 0 Å². The lowest BCUT2D eigenvalue weighted by Crippen LogP contribution is -2.43. The van der Waals surface area contributed by atoms with Gasteiger partial charge in [0.15, 0.2) is 0 Å². The van der Waals surface area contributed by atoms with E-state index < -0.39 is 24.1 Å². The average Bonchev–Trinajstić information content (AvgIpc) is 3.49. The molecule has 4 aromatic carbocycles. The molecule has 0 saturated carbocycles. The largest absolute Gasteiger partial charge is 0.481 e. The molecule has 0 spiro atoms. The van der Waals surface area contributed by atoms with Gasteiger partial charge >= 0.3 is 18.0 Å². The van der Waals surface area contributed by atoms with Gasteiger partial charge in [0, 0.05) is 18.3 Å². The Labute approximate surface area is 237 Å². The van der Waals surface area contributed by atoms with Crippen LogP contribution in [0.4, 0.5) is 4.79 Å². The maximum absolute atomic E-state index is 13.2. The number of hydrogen-bond donors (Lipinski definition) is 2. The molecule has 0 heterocycles. The fraction of sp³-hybridized carbons (Fsp3) is 0.206. The summed E-state index contributed by atoms with van der Waals surface area (Å²) >= 11 is 0. The Morgan fingerprint density at radius 1 is 0.634 bits per heavy atom. The van der Waals surface area contributed by atoms with Gasteiger partial charge in [0.1, 0.15) is 19.3 Å². The third kappa shape index (κ3) is 5.18. The second-order valence-electron chi connectivity index (χ2n) is 10.3. The van der Waals surface area contributed by atoms with Crippen LogP contribution in [0.15, 0.2) is 97.1 Å². The molecule has 206 valence electrons. The van der Waals surface area contributed by atoms with Crippen LogP contribution in [0, 0.1) is 0 Å². The number of carbonyl (C=O) groups excluding carboxylic acids is 2. The molecule has 0 radical (unpaired) electrons. The van der Waals surface area contributed by atoms with Crippen LogP contribution in [0.25, 0.3) is 22.3 Å². The standard InChI is InChI=1S/C34H29NO6/c36-32(37)18-17-31(33(38)40-19-29-25-13-5-1-9-21(25)22-10-2-6-14-26(22)29)35-34(39)41-20-30-27-15-7-3-11-23(27)24-12-4-8-16-28(24)30/h1-16,29-31H,17-20H2,(H,35,39)(H,36,37). The number of hydrogen-bond acceptors (Lipinski definition) is 5. The number of nitrogens with one attached hydrogen (secondary N) is 1. The predicted octanol–water partition coefficient (Wildman–Crippen LogP) is 6.11. The van der Waals surface area contributed by atoms with Gasteiger partial charge in [-0.15, -0.1) is 0 Å². The van der Waals surface area contributed by atoms with E-state index in [1.165, 1.54) is 0 Å². The molecule has 0 fully saturated rings. The third-order valence-corrected chi connectivity index (χ3v) is 7.92. The predicted molar refractivity (Wildman–Crippen MR) is 154 cm³/mol. The van der Waals surface area contributed by atoms with Crippen molar-refractivity contribution in [2.24, 2.45) is 0 Å². The summed E-state index contributed by atoms with van der Waals surface area (Å²) < 4.78 is 11.3. The zero-order chi connectivity index (χ0) is 28.3. The molecule has 4 aromatic rings. The van der Waals surface area contributed by atoms with Gasteiger partial charge in [0.2, 0.25) is 0 Å². The Bertz CT molecular complexity index is 1540. The number of rotatable bonds is 9. The van der Waals surface area contributed by atoms with Crippen molar-refractivity contribution in [1.82, 2.24) is 5.32 Å². The highest BCUT2D eigenvalue weighted by Crippen LogP contribution is 2.45. The highest BCUT2D eigenvalue weighted by molar-refractivity contribution is 5.83. The van der Waals surface area contributed by atoms with Crippen LogP contribution in [0.1, 0.15) is 46.9 Å². The van der Waals surface area contributed by atoms with Gasteiger partial charge in [0.05, 0.1) is 0 Å². The first-order chi connectivity index (χ1) is 20.0. The van der Waals surface area contributed by atoms with E-state index in [1.807, 2.05) is 97.1 Å². The van der Waals surface area contributed by atoms with E-state index in [-0.39, 0.29) is 37.9 Å². The number of aliphatic carboxylic acids is 1. The van der Waals surface area contributed by atoms with Crippen LogP contribution in [-0.4, -0.2) is 42.4 Å². The summed E-state index contributed by atoms with van der Waals surface area (Å²) in [6, 6.07) is 30.8. The molecule has 6 rings (SSSR count). The third-order valence-electron chi connectivity index (χ3n) is 7.92. The van der Waals surface area contributed by atoms with Gasteiger partial charge in [-0.05, 0) is 50.9 Å². The lowest BCUT2D eigenvalue weighted by Gasteiger charge is -2.20. The van der Waals surface area contributed by atoms with Crippen molar-refractivity contribution in [2.75, 3.05) is 13.2 Å². The summed E-state index contributed by atoms with van der Waals surface area (Å²) in [5.74, 6) is -2.06. The molecule has 7 heteroatoms. The number of esters is 1. The van der Waals surface area contributed by atoms with Crippen LogP contribution in [0.5, 0.6) is 0 Å². The van der Waals surface area contributed by atoms with E-state index in [2.05, 4.69) is 5.32 Å². The first-order valence-corrected chi connectivity index (χ1v) is 13.7. The molecule has 7 nitrogen and oxygen atoms in total. The Hall–Kier alpha value is -4.91. The van der Waals surface area contributed by atoms with Crippen molar-refractivity contribution >= 4 is 18.0 Å². The van der Waals surface area contributed by atoms with E-state index >= 15 is 0 Å². The minimum atomic E-state index is -1.16. The molecule has 2 N–H and O–H groups in total. The average molecular weight is 548 g/mol. The Morgan fingerprint density at radius 2 is 1.02 bits per heavy atom. The molecule has 1 amide bonds. The van der Waals surface area contributed by atoms with Crippen LogP contribution >= 0.6 is 0 Å². The molecule has 2 aliphatic carbocycles. The van der Waals surface area contributed by atoms with E-state index in [9.17, 15) is 19.5 Å². The van der Waals surface area contributed by atoms with Crippen molar-refractivity contribution in [2.45, 2.75) is 30.7 Å². The second-order valence-corrected chi connectivity index (χ2v) is 10.3. The van der Waals surface area contributed by atoms with Gasteiger partial charge < -0.3 is 19.9 Å². The molecule has 2 aliphatic rings. The fourth-order valence-corrected chi connectivity index (χ4v) is 6.00. The summed E-state index contributed by atoms with van der Waals surface area (Å²) in [7, 11) is 0. The van der Waals surface area contributed by atoms with Gasteiger partial charge in [-0.25, -0.2) is 9.59 Å². The second kappa shape index (κ2) is 11.3. The Kier molecular flexibility index (Phi) is 7.25. The van der Waals surface area contributed by atoms with Crippen molar-refractivity contribution in [3.8, 4) is 22.3 Å². The van der Waals surface area contributed by atoms with Crippen molar-refractivity contribution in [3.63, 3.8) is 0 Å². The number of benzene rings is 4. The summed E-state index contributed by atoms with van der Waals surface area (Å²) in [4.78, 5) is 37.3. The molecule has 41 heavy (non-hydrogen) atoms. The molecular formula is C34H29NO6. The summed E-state index contributed by atoms with van der Waals surface area (Å²) in [5, 5.41) is 11.8. The van der Waals surface area contributed by atoms with E-state index in [1.54, 1.807) is 0 Å². The van der Waals surface area contributed by atoms with Crippen molar-refractivity contribution in [3.05, 3.63) is 119 Å². The lowest BCUT2D eigenvalue weighted by molar-refractivity contribution is -0.147. The van der Waals surface area contributed by atoms with Gasteiger partial charge in [0.25, 0.3) is 0 Å². The first-order valence-electron chi connectivity index (χ1n) is 13.7. The Morgan fingerprint density at radius 3 is 1.44 bits per heavy atom. The van der Waals surface area contributed by atoms with E-state index in [4.69, 9.17) is 9.47 Å². The zero-order valence-electron chi connectivity index (χ0n) is 22.3. The lowest BCUT2D eigenvalue weighted by atomic mass is 9.98. The molecule has 0 aliphatic heterocycles. The van der Waals surface area contributed by atoms with Gasteiger partial charge in [-0.2, -0.15) is 0 Å². The normalized spacial score (nSPS) is 13.9. The maximum atomic E-state index is 13.2. The molecule has 0 aromatic heterocycles. The summed E-state index contributed by atoms with van der Waals surface area (Å²) in [6.45, 7) is 0.152.